The maximum absolute atomic E-state index is 12.0. The Balaban J connectivity index is 1.70. The molecule has 25 heavy (non-hydrogen) atoms. The van der Waals surface area contributed by atoms with Crippen molar-refractivity contribution in [1.82, 2.24) is 10.3 Å². The Hall–Kier alpha value is -2.74. The molecule has 1 amide bonds. The molecule has 0 saturated carbocycles. The number of carbonyl (C=O) groups excluding carboxylic acids is 2. The molecule has 2 aromatic rings. The molecular weight excluding hydrogens is 344 g/mol. The van der Waals surface area contributed by atoms with E-state index in [1.54, 1.807) is 31.4 Å². The number of thiazole rings is 1. The molecule has 2 N–H and O–H groups in total. The lowest BCUT2D eigenvalue weighted by Gasteiger charge is -2.04. The first-order valence-electron chi connectivity index (χ1n) is 7.61. The highest BCUT2D eigenvalue weighted by Crippen LogP contribution is 2.14. The summed E-state index contributed by atoms with van der Waals surface area (Å²) in [6, 6.07) is 6.84. The number of hydrogen-bond donors (Lipinski definition) is 2. The third kappa shape index (κ3) is 5.68. The minimum Gasteiger partial charge on any atom is -0.497 e. The number of ether oxygens (including phenoxy) is 1. The van der Waals surface area contributed by atoms with Gasteiger partial charge in [0.15, 0.2) is 11.5 Å². The smallest absolute Gasteiger partial charge is 0.355 e. The van der Waals surface area contributed by atoms with Gasteiger partial charge in [-0.15, -0.1) is 11.3 Å². The molecule has 1 heterocycles. The lowest BCUT2D eigenvalue weighted by Crippen LogP contribution is -2.22. The van der Waals surface area contributed by atoms with Crippen LogP contribution in [0, 0.1) is 0 Å². The van der Waals surface area contributed by atoms with Gasteiger partial charge in [-0.2, -0.15) is 0 Å². The lowest BCUT2D eigenvalue weighted by atomic mass is 10.1. The number of benzene rings is 1. The normalized spacial score (nSPS) is 10.3. The fourth-order valence-corrected chi connectivity index (χ4v) is 2.79. The third-order valence-electron chi connectivity index (χ3n) is 3.43. The van der Waals surface area contributed by atoms with Crippen molar-refractivity contribution >= 4 is 29.0 Å². The highest BCUT2D eigenvalue weighted by molar-refractivity contribution is 7.09. The van der Waals surface area contributed by atoms with Gasteiger partial charge in [-0.3, -0.25) is 9.59 Å². The van der Waals surface area contributed by atoms with E-state index >= 15 is 0 Å². The highest BCUT2D eigenvalue weighted by atomic mass is 32.1. The van der Waals surface area contributed by atoms with Crippen LogP contribution in [0.1, 0.15) is 45.1 Å². The Morgan fingerprint density at radius 2 is 1.92 bits per heavy atom. The number of methoxy groups -OCH3 is 1. The topological polar surface area (TPSA) is 106 Å². The molecule has 132 valence electrons. The van der Waals surface area contributed by atoms with Crippen molar-refractivity contribution in [1.29, 1.82) is 0 Å². The van der Waals surface area contributed by atoms with Gasteiger partial charge in [0.2, 0.25) is 5.91 Å². The van der Waals surface area contributed by atoms with E-state index in [1.807, 2.05) is 0 Å². The van der Waals surface area contributed by atoms with Crippen LogP contribution in [0.3, 0.4) is 0 Å². The number of aromatic carboxylic acids is 1. The van der Waals surface area contributed by atoms with Crippen molar-refractivity contribution in [3.8, 4) is 5.75 Å². The van der Waals surface area contributed by atoms with E-state index in [0.717, 1.165) is 0 Å². The maximum atomic E-state index is 12.0. The highest BCUT2D eigenvalue weighted by Gasteiger charge is 2.11. The predicted molar refractivity (Wildman–Crippen MR) is 92.1 cm³/mol. The molecule has 0 bridgehead atoms. The Morgan fingerprint density at radius 1 is 1.20 bits per heavy atom. The van der Waals surface area contributed by atoms with Crippen molar-refractivity contribution in [2.45, 2.75) is 25.8 Å². The van der Waals surface area contributed by atoms with Crippen LogP contribution in [0.2, 0.25) is 0 Å². The summed E-state index contributed by atoms with van der Waals surface area (Å²) in [5.41, 5.74) is 0.560. The molecule has 0 aliphatic heterocycles. The summed E-state index contributed by atoms with van der Waals surface area (Å²) < 4.78 is 5.04. The summed E-state index contributed by atoms with van der Waals surface area (Å²) in [4.78, 5) is 38.4. The SMILES string of the molecule is COc1ccc(C(=O)CCCC(=O)NCc2nc(C(=O)O)cs2)cc1. The number of carbonyl (C=O) groups is 3. The van der Waals surface area contributed by atoms with E-state index in [2.05, 4.69) is 10.3 Å². The van der Waals surface area contributed by atoms with E-state index in [9.17, 15) is 14.4 Å². The molecule has 1 aromatic heterocycles. The van der Waals surface area contributed by atoms with Crippen molar-refractivity contribution in [2.75, 3.05) is 7.11 Å². The van der Waals surface area contributed by atoms with Gasteiger partial charge in [0, 0.05) is 23.8 Å². The van der Waals surface area contributed by atoms with Gasteiger partial charge < -0.3 is 15.2 Å². The Kier molecular flexibility index (Phi) is 6.64. The third-order valence-corrected chi connectivity index (χ3v) is 4.28. The number of carboxylic acid groups (broad SMARTS) is 1. The van der Waals surface area contributed by atoms with Crippen molar-refractivity contribution in [2.24, 2.45) is 0 Å². The number of amides is 1. The number of nitrogens with zero attached hydrogens (tertiary/aromatic N) is 1. The number of Topliss-reactive ketones (excluding diaryl/α,β-unsaturated/α-hetero) is 1. The summed E-state index contributed by atoms with van der Waals surface area (Å²) in [7, 11) is 1.56. The lowest BCUT2D eigenvalue weighted by molar-refractivity contribution is -0.121. The van der Waals surface area contributed by atoms with Crippen LogP contribution >= 0.6 is 11.3 Å². The van der Waals surface area contributed by atoms with Gasteiger partial charge in [0.25, 0.3) is 0 Å². The van der Waals surface area contributed by atoms with E-state index < -0.39 is 5.97 Å². The Morgan fingerprint density at radius 3 is 2.52 bits per heavy atom. The fraction of sp³-hybridized carbons (Fsp3) is 0.294. The van der Waals surface area contributed by atoms with Crippen LogP contribution in [0.25, 0.3) is 0 Å². The fourth-order valence-electron chi connectivity index (χ4n) is 2.08. The quantitative estimate of drug-likeness (QED) is 0.664. The zero-order chi connectivity index (χ0) is 18.2. The van der Waals surface area contributed by atoms with E-state index in [0.29, 0.717) is 22.7 Å². The first kappa shape index (κ1) is 18.6. The van der Waals surface area contributed by atoms with Gasteiger partial charge in [0.1, 0.15) is 10.8 Å². The van der Waals surface area contributed by atoms with Gasteiger partial charge in [-0.1, -0.05) is 0 Å². The number of aromatic nitrogens is 1. The molecule has 0 aliphatic rings. The Bertz CT molecular complexity index is 755. The van der Waals surface area contributed by atoms with Crippen LogP contribution < -0.4 is 10.1 Å². The summed E-state index contributed by atoms with van der Waals surface area (Å²) in [6.45, 7) is 0.184. The van der Waals surface area contributed by atoms with Crippen LogP contribution in [0.4, 0.5) is 0 Å². The van der Waals surface area contributed by atoms with E-state index in [-0.39, 0.29) is 36.8 Å². The zero-order valence-corrected chi connectivity index (χ0v) is 14.5. The van der Waals surface area contributed by atoms with Crippen LogP contribution in [-0.2, 0) is 11.3 Å². The molecule has 2 rings (SSSR count). The van der Waals surface area contributed by atoms with Crippen molar-refractivity contribution < 1.29 is 24.2 Å². The molecule has 7 nitrogen and oxygen atoms in total. The average molecular weight is 362 g/mol. The monoisotopic (exact) mass is 362 g/mol. The largest absolute Gasteiger partial charge is 0.497 e. The van der Waals surface area contributed by atoms with Gasteiger partial charge in [0.05, 0.1) is 13.7 Å². The molecule has 0 atom stereocenters. The number of hydrogen-bond acceptors (Lipinski definition) is 6. The molecule has 0 radical (unpaired) electrons. The summed E-state index contributed by atoms with van der Waals surface area (Å²) in [6.07, 6.45) is 0.939. The summed E-state index contributed by atoms with van der Waals surface area (Å²) in [5.74, 6) is -0.633. The van der Waals surface area contributed by atoms with E-state index in [1.165, 1.54) is 16.7 Å². The maximum Gasteiger partial charge on any atom is 0.355 e. The predicted octanol–water partition coefficient (Wildman–Crippen LogP) is 2.52. The van der Waals surface area contributed by atoms with E-state index in [4.69, 9.17) is 9.84 Å². The summed E-state index contributed by atoms with van der Waals surface area (Å²) >= 11 is 1.18. The Labute approximate surface area is 148 Å². The second kappa shape index (κ2) is 8.93. The van der Waals surface area contributed by atoms with Gasteiger partial charge in [-0.05, 0) is 30.7 Å². The second-order valence-corrected chi connectivity index (χ2v) is 6.16. The van der Waals surface area contributed by atoms with Crippen LogP contribution in [-0.4, -0.2) is 34.9 Å². The first-order chi connectivity index (χ1) is 12.0. The minimum atomic E-state index is -1.09. The average Bonchev–Trinajstić information content (AvgIpc) is 3.09. The molecular formula is C17H18N2O5S. The summed E-state index contributed by atoms with van der Waals surface area (Å²) in [5, 5.41) is 13.4. The van der Waals surface area contributed by atoms with Gasteiger partial charge >= 0.3 is 5.97 Å². The molecule has 0 unspecified atom stereocenters. The first-order valence-corrected chi connectivity index (χ1v) is 8.49. The molecule has 0 aliphatic carbocycles. The minimum absolute atomic E-state index is 0.0264. The molecule has 1 aromatic carbocycles. The standard InChI is InChI=1S/C17H18N2O5S/c1-24-12-7-5-11(6-8-12)14(20)3-2-4-15(21)18-9-16-19-13(10-25-16)17(22)23/h5-8,10H,2-4,9H2,1H3,(H,18,21)(H,22,23). The molecule has 0 fully saturated rings. The zero-order valence-electron chi connectivity index (χ0n) is 13.7. The number of rotatable bonds is 9. The van der Waals surface area contributed by atoms with Gasteiger partial charge in [-0.25, -0.2) is 9.78 Å². The second-order valence-electron chi connectivity index (χ2n) is 5.21. The molecule has 0 spiro atoms. The number of ketones is 1. The molecule has 8 heteroatoms. The molecule has 0 saturated heterocycles. The van der Waals surface area contributed by atoms with Crippen molar-refractivity contribution in [3.05, 3.63) is 45.9 Å². The number of nitrogens with one attached hydrogen (secondary N) is 1. The van der Waals surface area contributed by atoms with Crippen LogP contribution in [0.5, 0.6) is 5.75 Å². The number of carboxylic acids is 1. The van der Waals surface area contributed by atoms with Crippen LogP contribution in [0.15, 0.2) is 29.6 Å². The van der Waals surface area contributed by atoms with Crippen molar-refractivity contribution in [3.63, 3.8) is 0 Å².